The number of carbonyl (C=O) groups excluding carboxylic acids is 1. The van der Waals surface area contributed by atoms with Crippen molar-refractivity contribution in [2.75, 3.05) is 5.32 Å². The normalized spacial score (nSPS) is 11.0. The fraction of sp³-hybridized carbons (Fsp3) is 0.400. The van der Waals surface area contributed by atoms with Gasteiger partial charge in [0.1, 0.15) is 5.56 Å². The lowest BCUT2D eigenvalue weighted by Gasteiger charge is -2.14. The van der Waals surface area contributed by atoms with Crippen molar-refractivity contribution >= 4 is 11.6 Å². The third-order valence-electron chi connectivity index (χ3n) is 4.41. The van der Waals surface area contributed by atoms with E-state index in [1.807, 2.05) is 6.92 Å². The molecule has 0 aliphatic rings. The smallest absolute Gasteiger partial charge is 0.263 e. The van der Waals surface area contributed by atoms with E-state index in [4.69, 9.17) is 0 Å². The molecule has 0 spiro atoms. The highest BCUT2D eigenvalue weighted by Gasteiger charge is 2.17. The van der Waals surface area contributed by atoms with E-state index in [0.29, 0.717) is 23.7 Å². The zero-order valence-electron chi connectivity index (χ0n) is 15.3. The summed E-state index contributed by atoms with van der Waals surface area (Å²) in [6, 6.07) is 7.14. The van der Waals surface area contributed by atoms with Crippen molar-refractivity contribution in [2.45, 2.75) is 47.3 Å². The number of nitrogens with one attached hydrogen (secondary N) is 1. The maximum Gasteiger partial charge on any atom is 0.263 e. The minimum absolute atomic E-state index is 0.0953. The monoisotopic (exact) mass is 342 g/mol. The summed E-state index contributed by atoms with van der Waals surface area (Å²) in [6.45, 7) is 8.30. The van der Waals surface area contributed by atoms with Gasteiger partial charge in [-0.05, 0) is 55.0 Å². The fourth-order valence-corrected chi connectivity index (χ4v) is 2.69. The number of hydrogen-bond acceptors (Lipinski definition) is 3. The number of nitrogens with zero attached hydrogens (tertiary/aromatic N) is 1. The van der Waals surface area contributed by atoms with Gasteiger partial charge in [-0.3, -0.25) is 9.59 Å². The highest BCUT2D eigenvalue weighted by molar-refractivity contribution is 6.05. The molecule has 2 rings (SSSR count). The molecular weight excluding hydrogens is 316 g/mol. The Balaban J connectivity index is 2.33. The number of aliphatic hydroxyl groups is 1. The van der Waals surface area contributed by atoms with E-state index in [-0.39, 0.29) is 17.7 Å². The van der Waals surface area contributed by atoms with Gasteiger partial charge < -0.3 is 15.0 Å². The van der Waals surface area contributed by atoms with Gasteiger partial charge in [0.15, 0.2) is 0 Å². The van der Waals surface area contributed by atoms with Gasteiger partial charge in [0.25, 0.3) is 11.5 Å². The molecule has 0 aliphatic heterocycles. The Morgan fingerprint density at radius 3 is 2.60 bits per heavy atom. The Morgan fingerprint density at radius 1 is 1.24 bits per heavy atom. The number of amides is 1. The van der Waals surface area contributed by atoms with Crippen LogP contribution in [-0.2, 0) is 13.2 Å². The van der Waals surface area contributed by atoms with Crippen molar-refractivity contribution < 1.29 is 9.90 Å². The van der Waals surface area contributed by atoms with Gasteiger partial charge in [-0.1, -0.05) is 26.0 Å². The van der Waals surface area contributed by atoms with Crippen LogP contribution < -0.4 is 10.9 Å². The molecule has 1 aromatic carbocycles. The number of carbonyl (C=O) groups is 1. The Morgan fingerprint density at radius 2 is 1.96 bits per heavy atom. The summed E-state index contributed by atoms with van der Waals surface area (Å²) in [5, 5.41) is 12.2. The average Bonchev–Trinajstić information content (AvgIpc) is 2.56. The van der Waals surface area contributed by atoms with Crippen LogP contribution in [0.5, 0.6) is 0 Å². The third-order valence-corrected chi connectivity index (χ3v) is 4.41. The van der Waals surface area contributed by atoms with Crippen molar-refractivity contribution in [3.63, 3.8) is 0 Å². The molecule has 5 nitrogen and oxygen atoms in total. The lowest BCUT2D eigenvalue weighted by molar-refractivity contribution is 0.102. The fourth-order valence-electron chi connectivity index (χ4n) is 2.69. The first-order chi connectivity index (χ1) is 11.8. The number of pyridine rings is 1. The van der Waals surface area contributed by atoms with Gasteiger partial charge in [-0.15, -0.1) is 0 Å². The molecule has 0 bridgehead atoms. The van der Waals surface area contributed by atoms with Crippen molar-refractivity contribution in [1.82, 2.24) is 4.57 Å². The maximum atomic E-state index is 12.7. The second-order valence-corrected chi connectivity index (χ2v) is 6.76. The molecule has 0 unspecified atom stereocenters. The molecule has 2 N–H and O–H groups in total. The molecule has 134 valence electrons. The van der Waals surface area contributed by atoms with Crippen LogP contribution in [0.1, 0.15) is 47.3 Å². The predicted molar refractivity (Wildman–Crippen MR) is 99.9 cm³/mol. The van der Waals surface area contributed by atoms with Crippen LogP contribution in [0.25, 0.3) is 0 Å². The summed E-state index contributed by atoms with van der Waals surface area (Å²) in [5.74, 6) is 0.0638. The Hall–Kier alpha value is -2.40. The minimum atomic E-state index is -0.417. The first-order valence-corrected chi connectivity index (χ1v) is 8.56. The highest BCUT2D eigenvalue weighted by atomic mass is 16.3. The molecule has 0 aliphatic carbocycles. The third kappa shape index (κ3) is 4.37. The molecule has 0 radical (unpaired) electrons. The van der Waals surface area contributed by atoms with Gasteiger partial charge in [-0.25, -0.2) is 0 Å². The molecule has 5 heteroatoms. The first-order valence-electron chi connectivity index (χ1n) is 8.56. The Kier molecular flexibility index (Phi) is 6.15. The average molecular weight is 342 g/mol. The van der Waals surface area contributed by atoms with Crippen molar-refractivity contribution in [3.05, 3.63) is 63.1 Å². The van der Waals surface area contributed by atoms with E-state index in [1.165, 1.54) is 0 Å². The van der Waals surface area contributed by atoms with Gasteiger partial charge in [-0.2, -0.15) is 0 Å². The van der Waals surface area contributed by atoms with Crippen LogP contribution in [0.3, 0.4) is 0 Å². The van der Waals surface area contributed by atoms with E-state index in [0.717, 1.165) is 17.5 Å². The van der Waals surface area contributed by atoms with Crippen LogP contribution in [0.4, 0.5) is 5.69 Å². The van der Waals surface area contributed by atoms with E-state index < -0.39 is 5.91 Å². The number of aliphatic hydroxyl groups excluding tert-OH is 1. The summed E-state index contributed by atoms with van der Waals surface area (Å²) in [6.07, 6.45) is 2.62. The number of aromatic nitrogens is 1. The first kappa shape index (κ1) is 18.9. The Labute approximate surface area is 148 Å². The van der Waals surface area contributed by atoms with E-state index in [2.05, 4.69) is 19.2 Å². The van der Waals surface area contributed by atoms with Crippen LogP contribution in [-0.4, -0.2) is 15.6 Å². The summed E-state index contributed by atoms with van der Waals surface area (Å²) in [7, 11) is 0. The summed E-state index contributed by atoms with van der Waals surface area (Å²) in [5.41, 5.74) is 2.70. The van der Waals surface area contributed by atoms with Crippen molar-refractivity contribution in [3.8, 4) is 0 Å². The molecule has 2 aromatic rings. The summed E-state index contributed by atoms with van der Waals surface area (Å²) in [4.78, 5) is 25.4. The molecule has 0 fully saturated rings. The predicted octanol–water partition coefficient (Wildman–Crippen LogP) is 3.26. The van der Waals surface area contributed by atoms with Crippen molar-refractivity contribution in [2.24, 2.45) is 5.92 Å². The maximum absolute atomic E-state index is 12.7. The van der Waals surface area contributed by atoms with Gasteiger partial charge in [0, 0.05) is 18.4 Å². The van der Waals surface area contributed by atoms with Crippen LogP contribution in [0.2, 0.25) is 0 Å². The van der Waals surface area contributed by atoms with Gasteiger partial charge in [0.05, 0.1) is 6.61 Å². The number of aryl methyl sites for hydroxylation is 2. The van der Waals surface area contributed by atoms with Crippen LogP contribution in [0, 0.1) is 19.8 Å². The van der Waals surface area contributed by atoms with Gasteiger partial charge >= 0.3 is 0 Å². The number of anilines is 1. The minimum Gasteiger partial charge on any atom is -0.392 e. The molecule has 1 amide bonds. The summed E-state index contributed by atoms with van der Waals surface area (Å²) >= 11 is 0. The lowest BCUT2D eigenvalue weighted by Crippen LogP contribution is -2.30. The summed E-state index contributed by atoms with van der Waals surface area (Å²) < 4.78 is 1.60. The molecule has 0 saturated carbocycles. The molecule has 0 saturated heterocycles. The van der Waals surface area contributed by atoms with Crippen molar-refractivity contribution in [1.29, 1.82) is 0 Å². The number of benzene rings is 1. The topological polar surface area (TPSA) is 71.3 Å². The van der Waals surface area contributed by atoms with E-state index in [1.54, 1.807) is 42.0 Å². The zero-order chi connectivity index (χ0) is 18.6. The number of hydrogen-bond donors (Lipinski definition) is 2. The largest absolute Gasteiger partial charge is 0.392 e. The molecule has 25 heavy (non-hydrogen) atoms. The highest BCUT2D eigenvalue weighted by Crippen LogP contribution is 2.20. The quantitative estimate of drug-likeness (QED) is 0.846. The number of rotatable bonds is 6. The standard InChI is InChI=1S/C20H26N2O3/c1-13(2)8-10-22-11-9-14(3)18(20(22)25)19(24)21-17-7-5-6-16(12-23)15(17)4/h5-7,9,11,13,23H,8,10,12H2,1-4H3,(H,21,24). The van der Waals surface area contributed by atoms with Crippen LogP contribution in [0.15, 0.2) is 35.3 Å². The lowest BCUT2D eigenvalue weighted by atomic mass is 10.1. The second-order valence-electron chi connectivity index (χ2n) is 6.76. The molecular formula is C20H26N2O3. The second kappa shape index (κ2) is 8.12. The SMILES string of the molecule is Cc1ccn(CCC(C)C)c(=O)c1C(=O)Nc1cccc(CO)c1C. The molecule has 1 heterocycles. The molecule has 1 aromatic heterocycles. The Bertz CT molecular complexity index is 822. The zero-order valence-corrected chi connectivity index (χ0v) is 15.3. The molecule has 0 atom stereocenters. The van der Waals surface area contributed by atoms with E-state index >= 15 is 0 Å². The van der Waals surface area contributed by atoms with E-state index in [9.17, 15) is 14.7 Å². The van der Waals surface area contributed by atoms with Crippen LogP contribution >= 0.6 is 0 Å². The van der Waals surface area contributed by atoms with Gasteiger partial charge in [0.2, 0.25) is 0 Å².